The van der Waals surface area contributed by atoms with Gasteiger partial charge in [0.15, 0.2) is 11.6 Å². The van der Waals surface area contributed by atoms with Crippen molar-refractivity contribution in [2.45, 2.75) is 12.5 Å². The van der Waals surface area contributed by atoms with E-state index in [1.807, 2.05) is 0 Å². The fourth-order valence-electron chi connectivity index (χ4n) is 3.46. The predicted molar refractivity (Wildman–Crippen MR) is 113 cm³/mol. The van der Waals surface area contributed by atoms with Gasteiger partial charge in [0.1, 0.15) is 11.9 Å². The zero-order valence-corrected chi connectivity index (χ0v) is 17.5. The summed E-state index contributed by atoms with van der Waals surface area (Å²) < 4.78 is 44.7. The average Bonchev–Trinajstić information content (AvgIpc) is 3.32. The zero-order chi connectivity index (χ0) is 23.0. The Morgan fingerprint density at radius 3 is 2.62 bits per heavy atom. The van der Waals surface area contributed by atoms with Crippen LogP contribution in [0.2, 0.25) is 5.02 Å². The average molecular weight is 464 g/mol. The first-order chi connectivity index (χ1) is 15.2. The summed E-state index contributed by atoms with van der Waals surface area (Å²) in [4.78, 5) is 26.0. The maximum Gasteiger partial charge on any atom is 0.319 e. The lowest BCUT2D eigenvalue weighted by atomic mass is 10.1. The highest BCUT2D eigenvalue weighted by molar-refractivity contribution is 6.30. The van der Waals surface area contributed by atoms with Crippen LogP contribution in [0.15, 0.2) is 42.6 Å². The smallest absolute Gasteiger partial charge is 0.319 e. The minimum Gasteiger partial charge on any atom is -0.326 e. The number of hydrogen-bond acceptors (Lipinski definition) is 3. The quantitative estimate of drug-likeness (QED) is 0.612. The maximum absolute atomic E-state index is 14.8. The number of carbonyl (C=O) groups excluding carboxylic acids is 2. The number of hydrogen-bond donors (Lipinski definition) is 2. The molecule has 2 aromatic carbocycles. The van der Waals surface area contributed by atoms with Crippen LogP contribution in [0.3, 0.4) is 0 Å². The summed E-state index contributed by atoms with van der Waals surface area (Å²) in [6.07, 6.45) is 1.76. The first-order valence-corrected chi connectivity index (χ1v) is 9.94. The van der Waals surface area contributed by atoms with Gasteiger partial charge in [0.2, 0.25) is 5.91 Å². The molecule has 4 rings (SSSR count). The molecule has 3 amide bonds. The van der Waals surface area contributed by atoms with Crippen molar-refractivity contribution in [3.8, 4) is 11.3 Å². The van der Waals surface area contributed by atoms with Gasteiger partial charge in [0.05, 0.1) is 17.1 Å². The van der Waals surface area contributed by atoms with Gasteiger partial charge in [-0.05, 0) is 42.8 Å². The third-order valence-electron chi connectivity index (χ3n) is 5.03. The lowest BCUT2D eigenvalue weighted by Gasteiger charge is -2.19. The molecule has 0 spiro atoms. The standard InChI is InChI=1S/C21H17ClF3N5O2/c1-29-8-6-14(28-29)12-3-5-17(19(25)18(12)24)30-9-7-16(20(30)31)27-21(32)26-15-4-2-11(22)10-13(15)23/h2-6,8,10,16H,7,9H2,1H3,(H2,26,27,32)/t16-/m1/s1. The molecule has 3 aromatic rings. The Labute approximate surface area is 185 Å². The number of halogens is 4. The Hall–Kier alpha value is -3.53. The Morgan fingerprint density at radius 2 is 1.94 bits per heavy atom. The molecule has 0 aliphatic carbocycles. The van der Waals surface area contributed by atoms with E-state index >= 15 is 0 Å². The van der Waals surface area contributed by atoms with Gasteiger partial charge >= 0.3 is 6.03 Å². The monoisotopic (exact) mass is 463 g/mol. The summed E-state index contributed by atoms with van der Waals surface area (Å²) in [6, 6.07) is 6.10. The molecule has 32 heavy (non-hydrogen) atoms. The molecule has 7 nitrogen and oxygen atoms in total. The van der Waals surface area contributed by atoms with Crippen LogP contribution < -0.4 is 15.5 Å². The second-order valence-corrected chi connectivity index (χ2v) is 7.63. The highest BCUT2D eigenvalue weighted by atomic mass is 35.5. The molecule has 166 valence electrons. The largest absolute Gasteiger partial charge is 0.326 e. The number of urea groups is 1. The molecule has 2 N–H and O–H groups in total. The summed E-state index contributed by atoms with van der Waals surface area (Å²) >= 11 is 5.67. The van der Waals surface area contributed by atoms with Crippen molar-refractivity contribution in [3.63, 3.8) is 0 Å². The van der Waals surface area contributed by atoms with Crippen LogP contribution in [0.5, 0.6) is 0 Å². The fraction of sp³-hybridized carbons (Fsp3) is 0.190. The van der Waals surface area contributed by atoms with E-state index in [0.29, 0.717) is 0 Å². The zero-order valence-electron chi connectivity index (χ0n) is 16.7. The van der Waals surface area contributed by atoms with Crippen molar-refractivity contribution < 1.29 is 22.8 Å². The van der Waals surface area contributed by atoms with Gasteiger partial charge in [-0.25, -0.2) is 18.0 Å². The molecule has 0 unspecified atom stereocenters. The molecule has 1 aliphatic rings. The number of aryl methyl sites for hydroxylation is 1. The topological polar surface area (TPSA) is 79.3 Å². The summed E-state index contributed by atoms with van der Waals surface area (Å²) in [5.74, 6) is -3.66. The third kappa shape index (κ3) is 4.13. The fourth-order valence-corrected chi connectivity index (χ4v) is 3.62. The molecule has 1 aliphatic heterocycles. The number of nitrogens with one attached hydrogen (secondary N) is 2. The second kappa shape index (κ2) is 8.54. The first-order valence-electron chi connectivity index (χ1n) is 9.56. The SMILES string of the molecule is Cn1ccc(-c2ccc(N3CC[C@@H](NC(=O)Nc4ccc(Cl)cc4F)C3=O)c(F)c2F)n1. The molecule has 2 heterocycles. The van der Waals surface area contributed by atoms with Crippen LogP contribution in [0, 0.1) is 17.5 Å². The Balaban J connectivity index is 1.47. The van der Waals surface area contributed by atoms with Crippen molar-refractivity contribution in [2.75, 3.05) is 16.8 Å². The van der Waals surface area contributed by atoms with Gasteiger partial charge in [-0.15, -0.1) is 0 Å². The number of nitrogens with zero attached hydrogens (tertiary/aromatic N) is 3. The molecule has 1 fully saturated rings. The lowest BCUT2D eigenvalue weighted by molar-refractivity contribution is -0.118. The summed E-state index contributed by atoms with van der Waals surface area (Å²) in [5, 5.41) is 8.93. The van der Waals surface area contributed by atoms with Crippen LogP contribution in [-0.4, -0.2) is 34.3 Å². The van der Waals surface area contributed by atoms with Crippen LogP contribution in [0.1, 0.15) is 6.42 Å². The minimum atomic E-state index is -1.19. The van der Waals surface area contributed by atoms with E-state index in [9.17, 15) is 22.8 Å². The number of amides is 3. The number of anilines is 2. The highest BCUT2D eigenvalue weighted by Crippen LogP contribution is 2.32. The predicted octanol–water partition coefficient (Wildman–Crippen LogP) is 4.08. The van der Waals surface area contributed by atoms with E-state index in [4.69, 9.17) is 11.6 Å². The Bertz CT molecular complexity index is 1220. The molecule has 1 aromatic heterocycles. The number of benzene rings is 2. The lowest BCUT2D eigenvalue weighted by Crippen LogP contribution is -2.43. The van der Waals surface area contributed by atoms with Gasteiger partial charge in [-0.3, -0.25) is 9.48 Å². The molecule has 0 radical (unpaired) electrons. The number of rotatable bonds is 4. The van der Waals surface area contributed by atoms with E-state index in [1.54, 1.807) is 19.3 Å². The van der Waals surface area contributed by atoms with Crippen molar-refractivity contribution in [1.29, 1.82) is 0 Å². The molecule has 11 heteroatoms. The normalized spacial score (nSPS) is 15.8. The highest BCUT2D eigenvalue weighted by Gasteiger charge is 2.36. The molecule has 1 atom stereocenters. The van der Waals surface area contributed by atoms with Crippen molar-refractivity contribution in [1.82, 2.24) is 15.1 Å². The molecular weight excluding hydrogens is 447 g/mol. The molecule has 0 bridgehead atoms. The number of aromatic nitrogens is 2. The Morgan fingerprint density at radius 1 is 1.16 bits per heavy atom. The van der Waals surface area contributed by atoms with Crippen LogP contribution >= 0.6 is 11.6 Å². The van der Waals surface area contributed by atoms with Crippen molar-refractivity contribution >= 4 is 34.9 Å². The van der Waals surface area contributed by atoms with E-state index in [-0.39, 0.29) is 40.6 Å². The van der Waals surface area contributed by atoms with Gasteiger partial charge in [-0.1, -0.05) is 11.6 Å². The van der Waals surface area contributed by atoms with Crippen molar-refractivity contribution in [3.05, 3.63) is 65.1 Å². The van der Waals surface area contributed by atoms with Gasteiger partial charge < -0.3 is 15.5 Å². The van der Waals surface area contributed by atoms with Crippen LogP contribution in [0.25, 0.3) is 11.3 Å². The van der Waals surface area contributed by atoms with Crippen LogP contribution in [-0.2, 0) is 11.8 Å². The molecule has 0 saturated carbocycles. The van der Waals surface area contributed by atoms with E-state index in [1.165, 1.54) is 28.9 Å². The summed E-state index contributed by atoms with van der Waals surface area (Å²) in [5.41, 5.74) is -0.126. The van der Waals surface area contributed by atoms with Crippen LogP contribution in [0.4, 0.5) is 29.3 Å². The van der Waals surface area contributed by atoms with Gasteiger partial charge in [0, 0.05) is 30.4 Å². The molecular formula is C21H17ClF3N5O2. The van der Waals surface area contributed by atoms with Gasteiger partial charge in [0.25, 0.3) is 0 Å². The van der Waals surface area contributed by atoms with E-state index in [0.717, 1.165) is 11.0 Å². The Kier molecular flexibility index (Phi) is 5.79. The van der Waals surface area contributed by atoms with E-state index < -0.39 is 35.4 Å². The van der Waals surface area contributed by atoms with E-state index in [2.05, 4.69) is 15.7 Å². The number of carbonyl (C=O) groups is 2. The van der Waals surface area contributed by atoms with Crippen molar-refractivity contribution in [2.24, 2.45) is 7.05 Å². The maximum atomic E-state index is 14.8. The third-order valence-corrected chi connectivity index (χ3v) is 5.27. The summed E-state index contributed by atoms with van der Waals surface area (Å²) in [7, 11) is 1.65. The summed E-state index contributed by atoms with van der Waals surface area (Å²) in [6.45, 7) is 0.0678. The second-order valence-electron chi connectivity index (χ2n) is 7.19. The minimum absolute atomic E-state index is 0.0301. The first kappa shape index (κ1) is 21.7. The van der Waals surface area contributed by atoms with Gasteiger partial charge in [-0.2, -0.15) is 5.10 Å². The molecule has 1 saturated heterocycles.